The molecular weight excluding hydrogens is 334 g/mol. The highest BCUT2D eigenvalue weighted by Gasteiger charge is 2.34. The van der Waals surface area contributed by atoms with Crippen LogP contribution in [0.1, 0.15) is 46.6 Å². The predicted molar refractivity (Wildman–Crippen MR) is 105 cm³/mol. The minimum atomic E-state index is -0.324. The predicted octanol–water partition coefficient (Wildman–Crippen LogP) is 4.52. The second-order valence-electron chi connectivity index (χ2n) is 7.72. The third-order valence-electron chi connectivity index (χ3n) is 3.98. The fourth-order valence-corrected chi connectivity index (χ4v) is 3.07. The van der Waals surface area contributed by atoms with Gasteiger partial charge in [0, 0.05) is 23.3 Å². The Morgan fingerprint density at radius 1 is 1.16 bits per heavy atom. The van der Waals surface area contributed by atoms with Gasteiger partial charge in [-0.3, -0.25) is 0 Å². The number of amides is 1. The first-order valence-electron chi connectivity index (χ1n) is 8.70. The lowest BCUT2D eigenvalue weighted by molar-refractivity contribution is -0.105. The molecule has 5 heteroatoms. The lowest BCUT2D eigenvalue weighted by Crippen LogP contribution is -2.51. The van der Waals surface area contributed by atoms with E-state index in [1.165, 1.54) is 5.56 Å². The summed E-state index contributed by atoms with van der Waals surface area (Å²) >= 11 is 1.55. The number of carbonyl (C=O) groups excluding carboxylic acids is 2. The summed E-state index contributed by atoms with van der Waals surface area (Å²) < 4.78 is 5.48. The van der Waals surface area contributed by atoms with Crippen LogP contribution in [0.15, 0.2) is 30.3 Å². The zero-order valence-electron chi connectivity index (χ0n) is 16.1. The van der Waals surface area contributed by atoms with Crippen LogP contribution in [0.25, 0.3) is 0 Å². The van der Waals surface area contributed by atoms with Crippen molar-refractivity contribution in [3.05, 3.63) is 35.9 Å². The maximum Gasteiger partial charge on any atom is 0.410 e. The second-order valence-corrected chi connectivity index (χ2v) is 8.87. The van der Waals surface area contributed by atoms with Gasteiger partial charge in [-0.2, -0.15) is 11.8 Å². The molecule has 0 atom stereocenters. The average Bonchev–Trinajstić information content (AvgIpc) is 2.55. The number of carbonyl (C=O) groups is 2. The normalized spacial score (nSPS) is 11.9. The highest BCUT2D eigenvalue weighted by atomic mass is 32.2. The van der Waals surface area contributed by atoms with Gasteiger partial charge in [0.05, 0.1) is 6.61 Å². The molecule has 25 heavy (non-hydrogen) atoms. The van der Waals surface area contributed by atoms with Crippen molar-refractivity contribution in [1.82, 2.24) is 4.90 Å². The number of thioether (sulfide) groups is 1. The third kappa shape index (κ3) is 7.51. The van der Waals surface area contributed by atoms with Crippen molar-refractivity contribution in [2.45, 2.75) is 52.0 Å². The Bertz CT molecular complexity index is 538. The molecule has 0 N–H and O–H groups in total. The molecule has 1 aromatic rings. The monoisotopic (exact) mass is 365 g/mol. The summed E-state index contributed by atoms with van der Waals surface area (Å²) in [6, 6.07) is 10.2. The molecule has 1 rings (SSSR count). The maximum atomic E-state index is 12.6. The van der Waals surface area contributed by atoms with E-state index < -0.39 is 0 Å². The summed E-state index contributed by atoms with van der Waals surface area (Å²) in [4.78, 5) is 24.7. The smallest absolute Gasteiger partial charge is 0.410 e. The van der Waals surface area contributed by atoms with Gasteiger partial charge >= 0.3 is 6.09 Å². The van der Waals surface area contributed by atoms with Crippen molar-refractivity contribution < 1.29 is 14.3 Å². The Balaban J connectivity index is 2.68. The number of hydrogen-bond donors (Lipinski definition) is 0. The zero-order valence-corrected chi connectivity index (χ0v) is 16.9. The van der Waals surface area contributed by atoms with Gasteiger partial charge in [0.25, 0.3) is 0 Å². The van der Waals surface area contributed by atoms with Crippen LogP contribution in [-0.2, 0) is 14.9 Å². The van der Waals surface area contributed by atoms with Crippen LogP contribution in [0.2, 0.25) is 0 Å². The molecule has 0 heterocycles. The number of nitrogens with zero attached hydrogens (tertiary/aromatic N) is 1. The highest BCUT2D eigenvalue weighted by molar-refractivity contribution is 7.99. The number of ether oxygens (including phenoxy) is 1. The highest BCUT2D eigenvalue weighted by Crippen LogP contribution is 2.28. The van der Waals surface area contributed by atoms with Gasteiger partial charge in [0.1, 0.15) is 6.29 Å². The molecule has 0 saturated heterocycles. The average molecular weight is 366 g/mol. The number of rotatable bonds is 9. The van der Waals surface area contributed by atoms with Gasteiger partial charge in [0.15, 0.2) is 0 Å². The summed E-state index contributed by atoms with van der Waals surface area (Å²) in [5.74, 6) is 1.31. The number of benzene rings is 1. The molecule has 0 fully saturated rings. The van der Waals surface area contributed by atoms with Crippen LogP contribution in [-0.4, -0.2) is 47.5 Å². The van der Waals surface area contributed by atoms with E-state index in [0.29, 0.717) is 18.9 Å². The molecule has 0 saturated carbocycles. The van der Waals surface area contributed by atoms with Crippen molar-refractivity contribution in [2.75, 3.05) is 24.7 Å². The van der Waals surface area contributed by atoms with E-state index in [1.807, 2.05) is 39.0 Å². The van der Waals surface area contributed by atoms with Crippen molar-refractivity contribution >= 4 is 24.1 Å². The molecule has 4 nitrogen and oxygen atoms in total. The van der Waals surface area contributed by atoms with Gasteiger partial charge in [-0.25, -0.2) is 4.79 Å². The van der Waals surface area contributed by atoms with E-state index in [-0.39, 0.29) is 17.0 Å². The van der Waals surface area contributed by atoms with Crippen LogP contribution in [0, 0.1) is 0 Å². The quantitative estimate of drug-likeness (QED) is 0.477. The second kappa shape index (κ2) is 9.85. The fraction of sp³-hybridized carbons (Fsp3) is 0.600. The minimum absolute atomic E-state index is 0.173. The van der Waals surface area contributed by atoms with Crippen LogP contribution in [0.4, 0.5) is 4.79 Å². The third-order valence-corrected chi connectivity index (χ3v) is 4.93. The molecule has 0 unspecified atom stereocenters. The standard InChI is InChI=1S/C20H31NO3S/c1-19(2,3)21(18(23)24-13-9-14-25-15-12-22)16-20(4,5)17-10-7-6-8-11-17/h6-8,10-12H,9,13-16H2,1-5H3. The Morgan fingerprint density at radius 3 is 2.36 bits per heavy atom. The summed E-state index contributed by atoms with van der Waals surface area (Å²) in [6.45, 7) is 11.3. The first kappa shape index (κ1) is 21.6. The first-order valence-corrected chi connectivity index (χ1v) is 9.85. The summed E-state index contributed by atoms with van der Waals surface area (Å²) in [7, 11) is 0. The van der Waals surface area contributed by atoms with Gasteiger partial charge in [-0.15, -0.1) is 0 Å². The van der Waals surface area contributed by atoms with Gasteiger partial charge in [-0.05, 0) is 38.5 Å². The minimum Gasteiger partial charge on any atom is -0.449 e. The number of aldehydes is 1. The molecule has 1 aromatic carbocycles. The molecule has 0 aromatic heterocycles. The molecular formula is C20H31NO3S. The number of hydrogen-bond acceptors (Lipinski definition) is 4. The molecule has 0 spiro atoms. The Labute approximate surface area is 156 Å². The van der Waals surface area contributed by atoms with Crippen molar-refractivity contribution in [2.24, 2.45) is 0 Å². The van der Waals surface area contributed by atoms with Crippen LogP contribution < -0.4 is 0 Å². The van der Waals surface area contributed by atoms with E-state index in [9.17, 15) is 9.59 Å². The summed E-state index contributed by atoms with van der Waals surface area (Å²) in [5.41, 5.74) is 0.699. The molecule has 0 bridgehead atoms. The van der Waals surface area contributed by atoms with Gasteiger partial charge in [-0.1, -0.05) is 44.2 Å². The fourth-order valence-electron chi connectivity index (χ4n) is 2.48. The largest absolute Gasteiger partial charge is 0.449 e. The van der Waals surface area contributed by atoms with E-state index in [1.54, 1.807) is 16.7 Å². The van der Waals surface area contributed by atoms with Crippen molar-refractivity contribution in [3.63, 3.8) is 0 Å². The van der Waals surface area contributed by atoms with Crippen molar-refractivity contribution in [1.29, 1.82) is 0 Å². The first-order chi connectivity index (χ1) is 11.7. The summed E-state index contributed by atoms with van der Waals surface area (Å²) in [6.07, 6.45) is 1.37. The van der Waals surface area contributed by atoms with Gasteiger partial charge in [0.2, 0.25) is 0 Å². The SMILES string of the molecule is CC(C)(CN(C(=O)OCCCSCC=O)C(C)(C)C)c1ccccc1. The zero-order chi connectivity index (χ0) is 18.9. The Kier molecular flexibility index (Phi) is 8.50. The van der Waals surface area contributed by atoms with E-state index in [0.717, 1.165) is 18.5 Å². The van der Waals surface area contributed by atoms with E-state index in [4.69, 9.17) is 4.74 Å². The molecule has 1 amide bonds. The summed E-state index contributed by atoms with van der Waals surface area (Å²) in [5, 5.41) is 0. The topological polar surface area (TPSA) is 46.6 Å². The van der Waals surface area contributed by atoms with E-state index >= 15 is 0 Å². The van der Waals surface area contributed by atoms with Crippen LogP contribution in [0.3, 0.4) is 0 Å². The van der Waals surface area contributed by atoms with Crippen LogP contribution in [0.5, 0.6) is 0 Å². The molecule has 0 aliphatic heterocycles. The lowest BCUT2D eigenvalue weighted by Gasteiger charge is -2.40. The molecule has 0 radical (unpaired) electrons. The molecule has 140 valence electrons. The van der Waals surface area contributed by atoms with Crippen molar-refractivity contribution in [3.8, 4) is 0 Å². The van der Waals surface area contributed by atoms with Gasteiger partial charge < -0.3 is 14.4 Å². The lowest BCUT2D eigenvalue weighted by atomic mass is 9.83. The molecule has 0 aliphatic rings. The van der Waals surface area contributed by atoms with Crippen LogP contribution >= 0.6 is 11.8 Å². The van der Waals surface area contributed by atoms with E-state index in [2.05, 4.69) is 26.0 Å². The Morgan fingerprint density at radius 2 is 1.80 bits per heavy atom. The maximum absolute atomic E-state index is 12.6. The Hall–Kier alpha value is -1.49. The molecule has 0 aliphatic carbocycles.